The van der Waals surface area contributed by atoms with Gasteiger partial charge >= 0.3 is 0 Å². The van der Waals surface area contributed by atoms with Crippen LogP contribution in [0.15, 0.2) is 18.3 Å². The molecule has 2 atom stereocenters. The van der Waals surface area contributed by atoms with Crippen LogP contribution in [0.2, 0.25) is 5.02 Å². The molecule has 9 nitrogen and oxygen atoms in total. The van der Waals surface area contributed by atoms with E-state index in [4.69, 9.17) is 11.6 Å². The molecule has 0 bridgehead atoms. The van der Waals surface area contributed by atoms with Crippen LogP contribution in [0.1, 0.15) is 37.9 Å². The lowest BCUT2D eigenvalue weighted by molar-refractivity contribution is 0.494. The SMILES string of the molecule is C[C@@H]1CN(c2cc(C#N)cc(Nc3nc(NC4CC4)c4ncc(C#N)n4n3)c2Cl)C[C@H]1C. The largest absolute Gasteiger partial charge is 0.370 e. The van der Waals surface area contributed by atoms with Gasteiger partial charge in [-0.2, -0.15) is 20.0 Å². The Morgan fingerprint density at radius 2 is 1.88 bits per heavy atom. The van der Waals surface area contributed by atoms with Crippen molar-refractivity contribution in [1.29, 1.82) is 10.5 Å². The van der Waals surface area contributed by atoms with Crippen LogP contribution in [0.3, 0.4) is 0 Å². The van der Waals surface area contributed by atoms with Crippen molar-refractivity contribution in [3.05, 3.63) is 34.6 Å². The molecule has 10 heteroatoms. The van der Waals surface area contributed by atoms with E-state index in [1.165, 1.54) is 10.7 Å². The second kappa shape index (κ2) is 7.85. The minimum Gasteiger partial charge on any atom is -0.370 e. The minimum absolute atomic E-state index is 0.265. The van der Waals surface area contributed by atoms with Gasteiger partial charge in [-0.05, 0) is 36.8 Å². The number of nitriles is 2. The fourth-order valence-electron chi connectivity index (χ4n) is 3.97. The van der Waals surface area contributed by atoms with Crippen molar-refractivity contribution in [2.45, 2.75) is 32.7 Å². The summed E-state index contributed by atoms with van der Waals surface area (Å²) < 4.78 is 1.47. The molecule has 5 rings (SSSR count). The van der Waals surface area contributed by atoms with Crippen LogP contribution in [0, 0.1) is 34.5 Å². The number of imidazole rings is 1. The smallest absolute Gasteiger partial charge is 0.247 e. The summed E-state index contributed by atoms with van der Waals surface area (Å²) in [5.74, 6) is 1.91. The van der Waals surface area contributed by atoms with Crippen LogP contribution in [-0.2, 0) is 0 Å². The van der Waals surface area contributed by atoms with E-state index in [-0.39, 0.29) is 5.95 Å². The maximum atomic E-state index is 9.59. The number of benzene rings is 1. The lowest BCUT2D eigenvalue weighted by Crippen LogP contribution is -2.20. The highest BCUT2D eigenvalue weighted by Crippen LogP contribution is 2.39. The Bertz CT molecular complexity index is 1270. The molecule has 2 N–H and O–H groups in total. The summed E-state index contributed by atoms with van der Waals surface area (Å²) in [6.45, 7) is 6.21. The number of nitrogens with zero attached hydrogens (tertiary/aromatic N) is 7. The Labute approximate surface area is 190 Å². The predicted molar refractivity (Wildman–Crippen MR) is 122 cm³/mol. The van der Waals surface area contributed by atoms with Crippen LogP contribution in [0.5, 0.6) is 0 Å². The normalized spacial score (nSPS) is 20.2. The van der Waals surface area contributed by atoms with E-state index >= 15 is 0 Å². The first-order chi connectivity index (χ1) is 15.5. The molecule has 2 aliphatic rings. The van der Waals surface area contributed by atoms with Crippen molar-refractivity contribution in [2.75, 3.05) is 28.6 Å². The second-order valence-corrected chi connectivity index (χ2v) is 9.02. The lowest BCUT2D eigenvalue weighted by atomic mass is 10.0. The Balaban J connectivity index is 1.55. The van der Waals surface area contributed by atoms with Crippen molar-refractivity contribution < 1.29 is 0 Å². The van der Waals surface area contributed by atoms with Gasteiger partial charge in [0.25, 0.3) is 0 Å². The summed E-state index contributed by atoms with van der Waals surface area (Å²) in [7, 11) is 0. The minimum atomic E-state index is 0.265. The van der Waals surface area contributed by atoms with E-state index in [2.05, 4.69) is 56.6 Å². The Morgan fingerprint density at radius 1 is 1.12 bits per heavy atom. The van der Waals surface area contributed by atoms with Gasteiger partial charge in [0.15, 0.2) is 17.2 Å². The summed E-state index contributed by atoms with van der Waals surface area (Å²) in [5.41, 5.74) is 2.67. The van der Waals surface area contributed by atoms with E-state index in [9.17, 15) is 10.5 Å². The molecule has 0 amide bonds. The maximum absolute atomic E-state index is 9.59. The number of halogens is 1. The molecule has 3 aromatic rings. The van der Waals surface area contributed by atoms with E-state index in [0.717, 1.165) is 31.6 Å². The third-order valence-corrected chi connectivity index (χ3v) is 6.55. The van der Waals surface area contributed by atoms with Gasteiger partial charge in [-0.15, -0.1) is 5.10 Å². The van der Waals surface area contributed by atoms with E-state index < -0.39 is 0 Å². The molecule has 1 saturated heterocycles. The van der Waals surface area contributed by atoms with Crippen LogP contribution in [0.4, 0.5) is 23.1 Å². The fraction of sp³-hybridized carbons (Fsp3) is 0.409. The van der Waals surface area contributed by atoms with Gasteiger partial charge in [-0.1, -0.05) is 25.4 Å². The Morgan fingerprint density at radius 3 is 2.53 bits per heavy atom. The van der Waals surface area contributed by atoms with Crippen molar-refractivity contribution in [3.8, 4) is 12.1 Å². The molecule has 3 heterocycles. The van der Waals surface area contributed by atoms with Gasteiger partial charge in [-0.25, -0.2) is 4.98 Å². The third-order valence-electron chi connectivity index (χ3n) is 6.15. The zero-order valence-corrected chi connectivity index (χ0v) is 18.6. The van der Waals surface area contributed by atoms with Gasteiger partial charge in [-0.3, -0.25) is 0 Å². The van der Waals surface area contributed by atoms with Crippen LogP contribution in [-0.4, -0.2) is 38.7 Å². The summed E-state index contributed by atoms with van der Waals surface area (Å²) in [5, 5.41) is 30.5. The summed E-state index contributed by atoms with van der Waals surface area (Å²) in [4.78, 5) is 11.1. The highest BCUT2D eigenvalue weighted by Gasteiger charge is 2.29. The molecule has 162 valence electrons. The number of aromatic nitrogens is 4. The maximum Gasteiger partial charge on any atom is 0.247 e. The van der Waals surface area contributed by atoms with E-state index in [1.807, 2.05) is 6.07 Å². The molecule has 32 heavy (non-hydrogen) atoms. The zero-order chi connectivity index (χ0) is 22.4. The molecule has 1 aliphatic carbocycles. The standard InChI is InChI=1S/C22H22ClN9/c1-12-10-31(11-13(12)2)18-6-14(7-24)5-17(19(18)23)28-22-29-20(27-15-3-4-15)21-26-9-16(8-25)32(21)30-22/h5-6,9,12-13,15H,3-4,10-11H2,1-2H3,(H2,27,28,29,30)/t12-,13-/m1/s1. The number of nitrogens with one attached hydrogen (secondary N) is 2. The Hall–Kier alpha value is -3.56. The third kappa shape index (κ3) is 3.65. The molecule has 0 spiro atoms. The molecule has 1 aromatic carbocycles. The molecular weight excluding hydrogens is 426 g/mol. The molecule has 0 radical (unpaired) electrons. The topological polar surface area (TPSA) is 118 Å². The van der Waals surface area contributed by atoms with Crippen molar-refractivity contribution in [3.63, 3.8) is 0 Å². The van der Waals surface area contributed by atoms with Crippen molar-refractivity contribution >= 4 is 40.4 Å². The quantitative estimate of drug-likeness (QED) is 0.603. The fourth-order valence-corrected chi connectivity index (χ4v) is 4.25. The van der Waals surface area contributed by atoms with Gasteiger partial charge in [0.2, 0.25) is 5.95 Å². The predicted octanol–water partition coefficient (Wildman–Crippen LogP) is 3.93. The van der Waals surface area contributed by atoms with Gasteiger partial charge in [0.1, 0.15) is 6.07 Å². The van der Waals surface area contributed by atoms with Crippen molar-refractivity contribution in [1.82, 2.24) is 19.6 Å². The first-order valence-corrected chi connectivity index (χ1v) is 11.0. The van der Waals surface area contributed by atoms with Gasteiger partial charge in [0, 0.05) is 19.1 Å². The molecule has 0 unspecified atom stereocenters. The van der Waals surface area contributed by atoms with Crippen LogP contribution < -0.4 is 15.5 Å². The molecular formula is C22H22ClN9. The average Bonchev–Trinajstić information content (AvgIpc) is 3.40. The van der Waals surface area contributed by atoms with Gasteiger partial charge < -0.3 is 15.5 Å². The number of hydrogen-bond acceptors (Lipinski definition) is 8. The molecule has 2 aromatic heterocycles. The Kier molecular flexibility index (Phi) is 4.99. The lowest BCUT2D eigenvalue weighted by Gasteiger charge is -2.22. The number of hydrogen-bond donors (Lipinski definition) is 2. The number of anilines is 4. The summed E-state index contributed by atoms with van der Waals surface area (Å²) in [6.07, 6.45) is 3.61. The monoisotopic (exact) mass is 447 g/mol. The number of rotatable bonds is 5. The van der Waals surface area contributed by atoms with Crippen LogP contribution >= 0.6 is 11.6 Å². The van der Waals surface area contributed by atoms with Gasteiger partial charge in [0.05, 0.1) is 34.2 Å². The first-order valence-electron chi connectivity index (χ1n) is 10.6. The average molecular weight is 448 g/mol. The van der Waals surface area contributed by atoms with Crippen molar-refractivity contribution in [2.24, 2.45) is 11.8 Å². The summed E-state index contributed by atoms with van der Waals surface area (Å²) >= 11 is 6.80. The van der Waals surface area contributed by atoms with E-state index in [1.54, 1.807) is 6.07 Å². The first kappa shape index (κ1) is 20.3. The zero-order valence-electron chi connectivity index (χ0n) is 17.8. The highest BCUT2D eigenvalue weighted by molar-refractivity contribution is 6.36. The number of fused-ring (bicyclic) bond motifs is 1. The highest BCUT2D eigenvalue weighted by atomic mass is 35.5. The molecule has 1 saturated carbocycles. The second-order valence-electron chi connectivity index (χ2n) is 8.65. The van der Waals surface area contributed by atoms with E-state index in [0.29, 0.717) is 51.3 Å². The molecule has 2 fully saturated rings. The summed E-state index contributed by atoms with van der Waals surface area (Å²) in [6, 6.07) is 8.18. The van der Waals surface area contributed by atoms with Crippen LogP contribution in [0.25, 0.3) is 5.65 Å². The molecule has 1 aliphatic heterocycles.